The number of carboxylic acids is 1. The fourth-order valence-corrected chi connectivity index (χ4v) is 3.72. The van der Waals surface area contributed by atoms with Crippen molar-refractivity contribution in [1.29, 1.82) is 0 Å². The third-order valence-corrected chi connectivity index (χ3v) is 5.72. The van der Waals surface area contributed by atoms with Gasteiger partial charge in [0.25, 0.3) is 0 Å². The van der Waals surface area contributed by atoms with E-state index >= 15 is 0 Å². The van der Waals surface area contributed by atoms with Crippen LogP contribution in [0.15, 0.2) is 29.2 Å². The number of benzene rings is 1. The van der Waals surface area contributed by atoms with Crippen LogP contribution in [0.2, 0.25) is 0 Å². The first-order valence-corrected chi connectivity index (χ1v) is 8.77. The largest absolute Gasteiger partial charge is 0.481 e. The predicted molar refractivity (Wildman–Crippen MR) is 84.6 cm³/mol. The zero-order valence-electron chi connectivity index (χ0n) is 13.1. The molecule has 1 aromatic rings. The zero-order valence-corrected chi connectivity index (χ0v) is 13.9. The summed E-state index contributed by atoms with van der Waals surface area (Å²) in [6.45, 7) is 1.99. The summed E-state index contributed by atoms with van der Waals surface area (Å²) in [6, 6.07) is 6.09. The molecule has 1 heterocycles. The molecule has 126 valence electrons. The van der Waals surface area contributed by atoms with Crippen LogP contribution >= 0.6 is 0 Å². The number of carboxylic acid groups (broad SMARTS) is 1. The van der Waals surface area contributed by atoms with Crippen LogP contribution in [0, 0.1) is 5.92 Å². The molecule has 2 rings (SSSR count). The molecule has 1 unspecified atom stereocenters. The summed E-state index contributed by atoms with van der Waals surface area (Å²) in [5, 5.41) is 8.89. The molecule has 1 aromatic carbocycles. The van der Waals surface area contributed by atoms with Crippen LogP contribution in [-0.4, -0.2) is 49.8 Å². The van der Waals surface area contributed by atoms with E-state index in [0.29, 0.717) is 18.7 Å². The minimum absolute atomic E-state index is 0.0352. The van der Waals surface area contributed by atoms with E-state index in [4.69, 9.17) is 5.11 Å². The van der Waals surface area contributed by atoms with Crippen molar-refractivity contribution in [2.24, 2.45) is 5.92 Å². The number of sulfonamides is 1. The summed E-state index contributed by atoms with van der Waals surface area (Å²) in [5.41, 5.74) is 0.674. The molecule has 0 bridgehead atoms. The highest BCUT2D eigenvalue weighted by molar-refractivity contribution is 7.89. The standard InChI is InChI=1S/C15H20N2O5S/c1-11(15(19)20)10-16(2)23(21,22)13-7-5-12(6-8-13)17-9-3-4-14(17)18/h5-8,11H,3-4,9-10H2,1-2H3,(H,19,20). The molecule has 1 saturated heterocycles. The first kappa shape index (κ1) is 17.4. The number of aliphatic carboxylic acids is 1. The van der Waals surface area contributed by atoms with E-state index < -0.39 is 21.9 Å². The van der Waals surface area contributed by atoms with E-state index in [2.05, 4.69) is 0 Å². The van der Waals surface area contributed by atoms with E-state index in [9.17, 15) is 18.0 Å². The molecule has 1 atom stereocenters. The number of nitrogens with zero attached hydrogens (tertiary/aromatic N) is 2. The van der Waals surface area contributed by atoms with Crippen molar-refractivity contribution in [3.8, 4) is 0 Å². The number of anilines is 1. The Morgan fingerprint density at radius 1 is 1.35 bits per heavy atom. The van der Waals surface area contributed by atoms with E-state index in [1.165, 1.54) is 26.1 Å². The Hall–Kier alpha value is -1.93. The van der Waals surface area contributed by atoms with Crippen molar-refractivity contribution in [3.63, 3.8) is 0 Å². The van der Waals surface area contributed by atoms with Crippen molar-refractivity contribution in [2.45, 2.75) is 24.7 Å². The molecule has 0 spiro atoms. The van der Waals surface area contributed by atoms with Crippen molar-refractivity contribution in [2.75, 3.05) is 25.0 Å². The second-order valence-corrected chi connectivity index (χ2v) is 7.71. The predicted octanol–water partition coefficient (Wildman–Crippen LogP) is 1.15. The molecule has 1 aliphatic rings. The topological polar surface area (TPSA) is 95.0 Å². The van der Waals surface area contributed by atoms with Gasteiger partial charge in [-0.25, -0.2) is 12.7 Å². The molecule has 1 amide bonds. The summed E-state index contributed by atoms with van der Waals surface area (Å²) in [5.74, 6) is -1.81. The second-order valence-electron chi connectivity index (χ2n) is 5.67. The van der Waals surface area contributed by atoms with Gasteiger partial charge >= 0.3 is 5.97 Å². The van der Waals surface area contributed by atoms with Crippen LogP contribution in [0.1, 0.15) is 19.8 Å². The normalized spacial score (nSPS) is 16.8. The number of hydrogen-bond acceptors (Lipinski definition) is 4. The van der Waals surface area contributed by atoms with Gasteiger partial charge in [-0.1, -0.05) is 6.92 Å². The maximum absolute atomic E-state index is 12.4. The lowest BCUT2D eigenvalue weighted by molar-refractivity contribution is -0.141. The second kappa shape index (κ2) is 6.67. The minimum Gasteiger partial charge on any atom is -0.481 e. The maximum Gasteiger partial charge on any atom is 0.307 e. The van der Waals surface area contributed by atoms with E-state index in [-0.39, 0.29) is 17.3 Å². The van der Waals surface area contributed by atoms with Crippen LogP contribution < -0.4 is 4.90 Å². The highest BCUT2D eigenvalue weighted by Gasteiger charge is 2.26. The summed E-state index contributed by atoms with van der Waals surface area (Å²) >= 11 is 0. The van der Waals surface area contributed by atoms with Gasteiger partial charge in [-0.2, -0.15) is 0 Å². The van der Waals surface area contributed by atoms with E-state index in [0.717, 1.165) is 10.7 Å². The molecule has 23 heavy (non-hydrogen) atoms. The third kappa shape index (κ3) is 3.70. The van der Waals surface area contributed by atoms with Crippen molar-refractivity contribution < 1.29 is 23.1 Å². The first-order valence-electron chi connectivity index (χ1n) is 7.33. The third-order valence-electron chi connectivity index (χ3n) is 3.88. The van der Waals surface area contributed by atoms with Crippen LogP contribution in [0.5, 0.6) is 0 Å². The van der Waals surface area contributed by atoms with Gasteiger partial charge in [0.1, 0.15) is 0 Å². The molecule has 8 heteroatoms. The van der Waals surface area contributed by atoms with Crippen LogP contribution in [0.4, 0.5) is 5.69 Å². The van der Waals surface area contributed by atoms with Gasteiger partial charge in [-0.05, 0) is 30.7 Å². The number of amides is 1. The Kier molecular flexibility index (Phi) is 5.06. The average Bonchev–Trinajstić information content (AvgIpc) is 2.93. The van der Waals surface area contributed by atoms with Crippen LogP contribution in [-0.2, 0) is 19.6 Å². The SMILES string of the molecule is CC(CN(C)S(=O)(=O)c1ccc(N2CCCC2=O)cc1)C(=O)O. The van der Waals surface area contributed by atoms with Gasteiger partial charge in [0.2, 0.25) is 15.9 Å². The number of rotatable bonds is 6. The Balaban J connectivity index is 2.17. The molecule has 1 aliphatic heterocycles. The summed E-state index contributed by atoms with van der Waals surface area (Å²) in [7, 11) is -2.40. The highest BCUT2D eigenvalue weighted by Crippen LogP contribution is 2.24. The summed E-state index contributed by atoms with van der Waals surface area (Å²) < 4.78 is 25.9. The van der Waals surface area contributed by atoms with Gasteiger partial charge in [0.15, 0.2) is 0 Å². The van der Waals surface area contributed by atoms with Gasteiger partial charge in [-0.15, -0.1) is 0 Å². The highest BCUT2D eigenvalue weighted by atomic mass is 32.2. The quantitative estimate of drug-likeness (QED) is 0.838. The van der Waals surface area contributed by atoms with Crippen LogP contribution in [0.25, 0.3) is 0 Å². The lowest BCUT2D eigenvalue weighted by Crippen LogP contribution is -2.33. The number of carbonyl (C=O) groups is 2. The monoisotopic (exact) mass is 340 g/mol. The number of hydrogen-bond donors (Lipinski definition) is 1. The summed E-state index contributed by atoms with van der Waals surface area (Å²) in [6.07, 6.45) is 1.31. The summed E-state index contributed by atoms with van der Waals surface area (Å²) in [4.78, 5) is 24.3. The van der Waals surface area contributed by atoms with Gasteiger partial charge < -0.3 is 10.0 Å². The molecule has 1 fully saturated rings. The van der Waals surface area contributed by atoms with Gasteiger partial charge in [0.05, 0.1) is 10.8 Å². The van der Waals surface area contributed by atoms with Gasteiger partial charge in [0, 0.05) is 32.2 Å². The van der Waals surface area contributed by atoms with Crippen molar-refractivity contribution >= 4 is 27.6 Å². The lowest BCUT2D eigenvalue weighted by atomic mass is 10.2. The van der Waals surface area contributed by atoms with E-state index in [1.54, 1.807) is 17.0 Å². The lowest BCUT2D eigenvalue weighted by Gasteiger charge is -2.20. The van der Waals surface area contributed by atoms with Crippen molar-refractivity contribution in [1.82, 2.24) is 4.31 Å². The van der Waals surface area contributed by atoms with Crippen LogP contribution in [0.3, 0.4) is 0 Å². The Morgan fingerprint density at radius 2 is 1.96 bits per heavy atom. The molecule has 0 aliphatic carbocycles. The Bertz CT molecular complexity index is 699. The zero-order chi connectivity index (χ0) is 17.2. The molecule has 1 N–H and O–H groups in total. The Morgan fingerprint density at radius 3 is 2.43 bits per heavy atom. The molecular weight excluding hydrogens is 320 g/mol. The molecular formula is C15H20N2O5S. The smallest absolute Gasteiger partial charge is 0.307 e. The average molecular weight is 340 g/mol. The molecule has 7 nitrogen and oxygen atoms in total. The Labute approximate surface area is 135 Å². The molecule has 0 saturated carbocycles. The fourth-order valence-electron chi connectivity index (χ4n) is 2.46. The fraction of sp³-hybridized carbons (Fsp3) is 0.467. The molecule has 0 aromatic heterocycles. The number of carbonyl (C=O) groups excluding carboxylic acids is 1. The first-order chi connectivity index (χ1) is 10.7. The minimum atomic E-state index is -3.75. The van der Waals surface area contributed by atoms with E-state index in [1.807, 2.05) is 0 Å². The van der Waals surface area contributed by atoms with Crippen molar-refractivity contribution in [3.05, 3.63) is 24.3 Å². The van der Waals surface area contributed by atoms with Gasteiger partial charge in [-0.3, -0.25) is 9.59 Å². The maximum atomic E-state index is 12.4. The molecule has 0 radical (unpaired) electrons.